The van der Waals surface area contributed by atoms with E-state index in [2.05, 4.69) is 32.9 Å². The van der Waals surface area contributed by atoms with Gasteiger partial charge in [0.25, 0.3) is 0 Å². The quantitative estimate of drug-likeness (QED) is 0.876. The van der Waals surface area contributed by atoms with Crippen LogP contribution >= 0.6 is 11.8 Å². The molecule has 0 spiro atoms. The Balaban J connectivity index is 2.75. The summed E-state index contributed by atoms with van der Waals surface area (Å²) in [6.07, 6.45) is 0. The Bertz CT molecular complexity index is 344. The van der Waals surface area contributed by atoms with E-state index in [-0.39, 0.29) is 0 Å². The lowest BCUT2D eigenvalue weighted by Gasteiger charge is -2.18. The maximum atomic E-state index is 5.69. The van der Waals surface area contributed by atoms with Crippen LogP contribution in [-0.2, 0) is 12.3 Å². The van der Waals surface area contributed by atoms with Gasteiger partial charge in [0.15, 0.2) is 0 Å². The van der Waals surface area contributed by atoms with E-state index in [4.69, 9.17) is 10.5 Å². The molecule has 0 bridgehead atoms. The Hall–Kier alpha value is -0.670. The molecule has 0 radical (unpaired) electrons. The SMILES string of the molecule is COc1ccc(CSC(C)(C)C)cc1CN. The van der Waals surface area contributed by atoms with Crippen molar-refractivity contribution in [1.82, 2.24) is 0 Å². The molecule has 0 saturated carbocycles. The molecule has 1 rings (SSSR count). The van der Waals surface area contributed by atoms with Gasteiger partial charge in [0.1, 0.15) is 5.75 Å². The molecule has 16 heavy (non-hydrogen) atoms. The van der Waals surface area contributed by atoms with Crippen LogP contribution in [-0.4, -0.2) is 11.9 Å². The van der Waals surface area contributed by atoms with Gasteiger partial charge in [-0.15, -0.1) is 0 Å². The Morgan fingerprint density at radius 2 is 2.00 bits per heavy atom. The van der Waals surface area contributed by atoms with Crippen LogP contribution in [0, 0.1) is 0 Å². The van der Waals surface area contributed by atoms with Crippen molar-refractivity contribution in [1.29, 1.82) is 0 Å². The van der Waals surface area contributed by atoms with Gasteiger partial charge in [-0.05, 0) is 17.7 Å². The number of methoxy groups -OCH3 is 1. The lowest BCUT2D eigenvalue weighted by Crippen LogP contribution is -2.08. The van der Waals surface area contributed by atoms with E-state index in [0.717, 1.165) is 17.1 Å². The van der Waals surface area contributed by atoms with Crippen LogP contribution in [0.4, 0.5) is 0 Å². The highest BCUT2D eigenvalue weighted by Gasteiger charge is 2.11. The molecule has 0 aliphatic rings. The minimum Gasteiger partial charge on any atom is -0.496 e. The average Bonchev–Trinajstić information content (AvgIpc) is 2.25. The summed E-state index contributed by atoms with van der Waals surface area (Å²) in [7, 11) is 1.68. The van der Waals surface area contributed by atoms with Crippen molar-refractivity contribution in [2.75, 3.05) is 7.11 Å². The number of nitrogens with two attached hydrogens (primary N) is 1. The molecular weight excluding hydrogens is 218 g/mol. The Labute approximate surface area is 103 Å². The van der Waals surface area contributed by atoms with Crippen LogP contribution in [0.5, 0.6) is 5.75 Å². The van der Waals surface area contributed by atoms with Crippen molar-refractivity contribution < 1.29 is 4.74 Å². The fourth-order valence-corrected chi connectivity index (χ4v) is 2.16. The topological polar surface area (TPSA) is 35.2 Å². The minimum atomic E-state index is 0.294. The fraction of sp³-hybridized carbons (Fsp3) is 0.538. The molecule has 0 aromatic heterocycles. The van der Waals surface area contributed by atoms with Crippen molar-refractivity contribution in [2.24, 2.45) is 5.73 Å². The maximum Gasteiger partial charge on any atom is 0.123 e. The van der Waals surface area contributed by atoms with Gasteiger partial charge in [-0.1, -0.05) is 26.8 Å². The molecular formula is C13H21NOS. The van der Waals surface area contributed by atoms with E-state index in [1.165, 1.54) is 5.56 Å². The van der Waals surface area contributed by atoms with E-state index in [1.54, 1.807) is 7.11 Å². The maximum absolute atomic E-state index is 5.69. The first-order valence-corrected chi connectivity index (χ1v) is 6.44. The summed E-state index contributed by atoms with van der Waals surface area (Å²) in [5.41, 5.74) is 8.08. The highest BCUT2D eigenvalue weighted by atomic mass is 32.2. The summed E-state index contributed by atoms with van der Waals surface area (Å²) >= 11 is 1.94. The zero-order chi connectivity index (χ0) is 12.2. The molecule has 2 N–H and O–H groups in total. The molecule has 0 heterocycles. The highest BCUT2D eigenvalue weighted by Crippen LogP contribution is 2.29. The summed E-state index contributed by atoms with van der Waals surface area (Å²) in [6.45, 7) is 7.21. The number of thioether (sulfide) groups is 1. The van der Waals surface area contributed by atoms with Gasteiger partial charge >= 0.3 is 0 Å². The van der Waals surface area contributed by atoms with E-state index in [0.29, 0.717) is 11.3 Å². The lowest BCUT2D eigenvalue weighted by molar-refractivity contribution is 0.409. The fourth-order valence-electron chi connectivity index (χ4n) is 1.38. The summed E-state index contributed by atoms with van der Waals surface area (Å²) in [4.78, 5) is 0. The summed E-state index contributed by atoms with van der Waals surface area (Å²) < 4.78 is 5.54. The molecule has 1 aromatic carbocycles. The van der Waals surface area contributed by atoms with Gasteiger partial charge in [-0.25, -0.2) is 0 Å². The number of ether oxygens (including phenoxy) is 1. The largest absolute Gasteiger partial charge is 0.496 e. The number of hydrogen-bond acceptors (Lipinski definition) is 3. The predicted molar refractivity (Wildman–Crippen MR) is 71.9 cm³/mol. The van der Waals surface area contributed by atoms with Gasteiger partial charge in [-0.2, -0.15) is 11.8 Å². The zero-order valence-electron chi connectivity index (χ0n) is 10.5. The van der Waals surface area contributed by atoms with Crippen LogP contribution in [0.1, 0.15) is 31.9 Å². The van der Waals surface area contributed by atoms with Crippen molar-refractivity contribution in [2.45, 2.75) is 37.8 Å². The van der Waals surface area contributed by atoms with Gasteiger partial charge in [0.05, 0.1) is 7.11 Å². The Morgan fingerprint density at radius 3 is 2.50 bits per heavy atom. The Kier molecular flexibility index (Phi) is 4.69. The molecule has 0 unspecified atom stereocenters. The monoisotopic (exact) mass is 239 g/mol. The van der Waals surface area contributed by atoms with Crippen molar-refractivity contribution in [3.8, 4) is 5.75 Å². The standard InChI is InChI=1S/C13H21NOS/c1-13(2,3)16-9-10-5-6-12(15-4)11(7-10)8-14/h5-7H,8-9,14H2,1-4H3. The molecule has 0 atom stereocenters. The molecule has 90 valence electrons. The first-order valence-electron chi connectivity index (χ1n) is 5.46. The van der Waals surface area contributed by atoms with E-state index < -0.39 is 0 Å². The molecule has 0 amide bonds. The van der Waals surface area contributed by atoms with Gasteiger partial charge < -0.3 is 10.5 Å². The van der Waals surface area contributed by atoms with Crippen LogP contribution in [0.25, 0.3) is 0 Å². The number of benzene rings is 1. The second-order valence-corrected chi connectivity index (χ2v) is 6.55. The van der Waals surface area contributed by atoms with Crippen LogP contribution in [0.15, 0.2) is 18.2 Å². The van der Waals surface area contributed by atoms with Gasteiger partial charge in [0, 0.05) is 22.6 Å². The first-order chi connectivity index (χ1) is 7.46. The molecule has 0 aliphatic carbocycles. The highest BCUT2D eigenvalue weighted by molar-refractivity contribution is 7.99. The van der Waals surface area contributed by atoms with Gasteiger partial charge in [-0.3, -0.25) is 0 Å². The van der Waals surface area contributed by atoms with Crippen molar-refractivity contribution >= 4 is 11.8 Å². The second-order valence-electron chi connectivity index (χ2n) is 4.75. The zero-order valence-corrected chi connectivity index (χ0v) is 11.4. The third-order valence-electron chi connectivity index (χ3n) is 2.24. The molecule has 3 heteroatoms. The number of hydrogen-bond donors (Lipinski definition) is 1. The lowest BCUT2D eigenvalue weighted by atomic mass is 10.1. The van der Waals surface area contributed by atoms with E-state index in [9.17, 15) is 0 Å². The Morgan fingerprint density at radius 1 is 1.31 bits per heavy atom. The smallest absolute Gasteiger partial charge is 0.123 e. The van der Waals surface area contributed by atoms with Crippen LogP contribution in [0.2, 0.25) is 0 Å². The average molecular weight is 239 g/mol. The van der Waals surface area contributed by atoms with E-state index >= 15 is 0 Å². The number of rotatable bonds is 4. The second kappa shape index (κ2) is 5.60. The predicted octanol–water partition coefficient (Wildman–Crippen LogP) is 3.19. The summed E-state index contributed by atoms with van der Waals surface area (Å²) in [5.74, 6) is 1.90. The third kappa shape index (κ3) is 4.06. The van der Waals surface area contributed by atoms with E-state index in [1.807, 2.05) is 17.8 Å². The normalized spacial score (nSPS) is 11.6. The summed E-state index contributed by atoms with van der Waals surface area (Å²) in [5, 5.41) is 0. The van der Waals surface area contributed by atoms with Crippen molar-refractivity contribution in [3.63, 3.8) is 0 Å². The van der Waals surface area contributed by atoms with Crippen LogP contribution in [0.3, 0.4) is 0 Å². The summed E-state index contributed by atoms with van der Waals surface area (Å²) in [6, 6.07) is 6.25. The molecule has 0 aliphatic heterocycles. The molecule has 0 saturated heterocycles. The first kappa shape index (κ1) is 13.4. The third-order valence-corrected chi connectivity index (χ3v) is 3.58. The minimum absolute atomic E-state index is 0.294. The van der Waals surface area contributed by atoms with Crippen molar-refractivity contribution in [3.05, 3.63) is 29.3 Å². The van der Waals surface area contributed by atoms with Gasteiger partial charge in [0.2, 0.25) is 0 Å². The molecule has 0 fully saturated rings. The molecule has 2 nitrogen and oxygen atoms in total. The molecule has 1 aromatic rings. The van der Waals surface area contributed by atoms with Crippen LogP contribution < -0.4 is 10.5 Å².